The minimum atomic E-state index is 0. The van der Waals surface area contributed by atoms with E-state index in [1.807, 2.05) is 18.2 Å². The minimum Gasteiger partial charge on any atom is -0.495 e. The number of methoxy groups -OCH3 is 1. The molecule has 2 rings (SSSR count). The van der Waals surface area contributed by atoms with Crippen molar-refractivity contribution in [2.24, 2.45) is 5.92 Å². The molecule has 1 fully saturated rings. The summed E-state index contributed by atoms with van der Waals surface area (Å²) in [6, 6.07) is 5.59. The predicted octanol–water partition coefficient (Wildman–Crippen LogP) is 3.21. The Bertz CT molecular complexity index is 451. The fourth-order valence-electron chi connectivity index (χ4n) is 2.33. The number of benzene rings is 1. The molecule has 6 heteroatoms. The number of anilines is 1. The van der Waals surface area contributed by atoms with Crippen LogP contribution in [0.25, 0.3) is 0 Å². The molecule has 0 bridgehead atoms. The molecule has 2 N–H and O–H groups in total. The second-order valence-corrected chi connectivity index (χ2v) is 5.71. The fourth-order valence-corrected chi connectivity index (χ4v) is 2.69. The van der Waals surface area contributed by atoms with Gasteiger partial charge < -0.3 is 15.4 Å². The van der Waals surface area contributed by atoms with Gasteiger partial charge >= 0.3 is 0 Å². The van der Waals surface area contributed by atoms with Gasteiger partial charge in [-0.2, -0.15) is 0 Å². The van der Waals surface area contributed by atoms with Crippen LogP contribution in [0.3, 0.4) is 0 Å². The Balaban J connectivity index is 0.00000200. The van der Waals surface area contributed by atoms with Gasteiger partial charge in [0.05, 0.1) is 12.8 Å². The van der Waals surface area contributed by atoms with Crippen molar-refractivity contribution >= 4 is 39.9 Å². The van der Waals surface area contributed by atoms with Crippen molar-refractivity contribution in [2.75, 3.05) is 25.5 Å². The predicted molar refractivity (Wildman–Crippen MR) is 86.8 cm³/mol. The molecule has 4 nitrogen and oxygen atoms in total. The average molecular weight is 364 g/mol. The molecule has 0 radical (unpaired) electrons. The summed E-state index contributed by atoms with van der Waals surface area (Å²) in [6.45, 7) is 2.02. The number of carbonyl (C=O) groups excluding carboxylic acids is 1. The Hall–Kier alpha value is -0.780. The first-order chi connectivity index (χ1) is 9.19. The highest BCUT2D eigenvalue weighted by molar-refractivity contribution is 9.10. The molecule has 1 aromatic rings. The fraction of sp³-hybridized carbons (Fsp3) is 0.500. The Morgan fingerprint density at radius 3 is 2.80 bits per heavy atom. The summed E-state index contributed by atoms with van der Waals surface area (Å²) in [5.41, 5.74) is 0.718. The molecule has 1 amide bonds. The number of hydrogen-bond acceptors (Lipinski definition) is 3. The zero-order valence-electron chi connectivity index (χ0n) is 11.4. The lowest BCUT2D eigenvalue weighted by Crippen LogP contribution is -2.30. The largest absolute Gasteiger partial charge is 0.495 e. The van der Waals surface area contributed by atoms with Gasteiger partial charge in [-0.3, -0.25) is 4.79 Å². The number of carbonyl (C=O) groups is 1. The number of nitrogens with one attached hydrogen (secondary N) is 2. The van der Waals surface area contributed by atoms with Crippen LogP contribution in [0, 0.1) is 5.92 Å². The van der Waals surface area contributed by atoms with Gasteiger partial charge in [-0.15, -0.1) is 12.4 Å². The van der Waals surface area contributed by atoms with Crippen molar-refractivity contribution in [2.45, 2.75) is 19.3 Å². The first-order valence-electron chi connectivity index (χ1n) is 6.53. The van der Waals surface area contributed by atoms with E-state index in [0.29, 0.717) is 18.1 Å². The highest BCUT2D eigenvalue weighted by atomic mass is 79.9. The maximum absolute atomic E-state index is 12.1. The van der Waals surface area contributed by atoms with Gasteiger partial charge in [0.2, 0.25) is 5.91 Å². The van der Waals surface area contributed by atoms with Crippen molar-refractivity contribution in [1.82, 2.24) is 5.32 Å². The highest BCUT2D eigenvalue weighted by Gasteiger charge is 2.17. The monoisotopic (exact) mass is 362 g/mol. The van der Waals surface area contributed by atoms with E-state index in [1.54, 1.807) is 7.11 Å². The minimum absolute atomic E-state index is 0. The zero-order valence-corrected chi connectivity index (χ0v) is 13.9. The van der Waals surface area contributed by atoms with E-state index in [0.717, 1.165) is 36.1 Å². The summed E-state index contributed by atoms with van der Waals surface area (Å²) < 4.78 is 6.17. The van der Waals surface area contributed by atoms with Crippen LogP contribution in [0.4, 0.5) is 5.69 Å². The third-order valence-electron chi connectivity index (χ3n) is 3.37. The molecule has 0 atom stereocenters. The molecule has 20 heavy (non-hydrogen) atoms. The maximum Gasteiger partial charge on any atom is 0.224 e. The smallest absolute Gasteiger partial charge is 0.224 e. The maximum atomic E-state index is 12.1. The van der Waals surface area contributed by atoms with Crippen LogP contribution in [0.5, 0.6) is 5.75 Å². The van der Waals surface area contributed by atoms with Gasteiger partial charge in [0.15, 0.2) is 0 Å². The average Bonchev–Trinajstić information content (AvgIpc) is 2.40. The third kappa shape index (κ3) is 4.96. The van der Waals surface area contributed by atoms with Gasteiger partial charge in [0.1, 0.15) is 5.75 Å². The topological polar surface area (TPSA) is 50.4 Å². The summed E-state index contributed by atoms with van der Waals surface area (Å²) in [6.07, 6.45) is 2.73. The van der Waals surface area contributed by atoms with Crippen molar-refractivity contribution in [3.63, 3.8) is 0 Å². The van der Waals surface area contributed by atoms with E-state index >= 15 is 0 Å². The van der Waals surface area contributed by atoms with Gasteiger partial charge in [-0.1, -0.05) is 15.9 Å². The van der Waals surface area contributed by atoms with Crippen LogP contribution in [-0.4, -0.2) is 26.1 Å². The standard InChI is InChI=1S/C14H19BrN2O2.ClH/c1-19-13-3-2-11(15)9-12(13)17-14(18)8-10-4-6-16-7-5-10;/h2-3,9-10,16H,4-8H2,1H3,(H,17,18);1H. The van der Waals surface area contributed by atoms with E-state index in [4.69, 9.17) is 4.74 Å². The second kappa shape index (κ2) is 8.49. The van der Waals surface area contributed by atoms with Crippen LogP contribution in [0.15, 0.2) is 22.7 Å². The molecular weight excluding hydrogens is 344 g/mol. The van der Waals surface area contributed by atoms with Crippen LogP contribution in [-0.2, 0) is 4.79 Å². The van der Waals surface area contributed by atoms with Crippen LogP contribution < -0.4 is 15.4 Å². The quantitative estimate of drug-likeness (QED) is 0.863. The van der Waals surface area contributed by atoms with E-state index in [1.165, 1.54) is 0 Å². The molecule has 0 aliphatic carbocycles. The summed E-state index contributed by atoms with van der Waals surface area (Å²) in [7, 11) is 1.60. The molecular formula is C14H20BrClN2O2. The van der Waals surface area contributed by atoms with E-state index in [9.17, 15) is 4.79 Å². The number of halogens is 2. The Morgan fingerprint density at radius 1 is 1.45 bits per heavy atom. The molecule has 0 aromatic heterocycles. The Morgan fingerprint density at radius 2 is 2.15 bits per heavy atom. The van der Waals surface area contributed by atoms with Crippen LogP contribution in [0.2, 0.25) is 0 Å². The molecule has 1 aliphatic rings. The zero-order chi connectivity index (χ0) is 13.7. The van der Waals surface area contributed by atoms with Crippen molar-refractivity contribution in [1.29, 1.82) is 0 Å². The summed E-state index contributed by atoms with van der Waals surface area (Å²) in [5.74, 6) is 1.23. The third-order valence-corrected chi connectivity index (χ3v) is 3.86. The van der Waals surface area contributed by atoms with Crippen molar-refractivity contribution in [3.05, 3.63) is 22.7 Å². The lowest BCUT2D eigenvalue weighted by molar-refractivity contribution is -0.117. The summed E-state index contributed by atoms with van der Waals surface area (Å²) >= 11 is 3.40. The van der Waals surface area contributed by atoms with Crippen LogP contribution >= 0.6 is 28.3 Å². The van der Waals surface area contributed by atoms with E-state index in [2.05, 4.69) is 26.6 Å². The Labute approximate surface area is 134 Å². The lowest BCUT2D eigenvalue weighted by Gasteiger charge is -2.22. The summed E-state index contributed by atoms with van der Waals surface area (Å²) in [4.78, 5) is 12.1. The molecule has 0 spiro atoms. The van der Waals surface area contributed by atoms with Crippen molar-refractivity contribution < 1.29 is 9.53 Å². The molecule has 112 valence electrons. The lowest BCUT2D eigenvalue weighted by atomic mass is 9.94. The van der Waals surface area contributed by atoms with Crippen LogP contribution in [0.1, 0.15) is 19.3 Å². The first-order valence-corrected chi connectivity index (χ1v) is 7.32. The Kier molecular flexibility index (Phi) is 7.34. The number of piperidine rings is 1. The highest BCUT2D eigenvalue weighted by Crippen LogP contribution is 2.28. The van der Waals surface area contributed by atoms with Gasteiger partial charge in [0.25, 0.3) is 0 Å². The molecule has 1 heterocycles. The second-order valence-electron chi connectivity index (χ2n) is 4.79. The number of hydrogen-bond donors (Lipinski definition) is 2. The molecule has 0 saturated carbocycles. The van der Waals surface area contributed by atoms with Crippen molar-refractivity contribution in [3.8, 4) is 5.75 Å². The molecule has 1 aromatic carbocycles. The normalized spacial score (nSPS) is 15.3. The number of amides is 1. The molecule has 1 aliphatic heterocycles. The number of rotatable bonds is 4. The van der Waals surface area contributed by atoms with Gasteiger partial charge in [-0.25, -0.2) is 0 Å². The SMILES string of the molecule is COc1ccc(Br)cc1NC(=O)CC1CCNCC1.Cl. The first kappa shape index (κ1) is 17.3. The van der Waals surface area contributed by atoms with Gasteiger partial charge in [0, 0.05) is 10.9 Å². The molecule has 0 unspecified atom stereocenters. The summed E-state index contributed by atoms with van der Waals surface area (Å²) in [5, 5.41) is 6.24. The van der Waals surface area contributed by atoms with E-state index < -0.39 is 0 Å². The number of ether oxygens (including phenoxy) is 1. The van der Waals surface area contributed by atoms with Gasteiger partial charge in [-0.05, 0) is 50.0 Å². The molecule has 1 saturated heterocycles. The van der Waals surface area contributed by atoms with E-state index in [-0.39, 0.29) is 18.3 Å².